The Balaban J connectivity index is 2.37. The van der Waals surface area contributed by atoms with Gasteiger partial charge in [0.15, 0.2) is 0 Å². The average Bonchev–Trinajstić information content (AvgIpc) is 2.32. The molecule has 17 heavy (non-hydrogen) atoms. The first kappa shape index (κ1) is 11.6. The van der Waals surface area contributed by atoms with E-state index in [9.17, 15) is 14.8 Å². The molecule has 0 fully saturated rings. The Morgan fingerprint density at radius 2 is 2.00 bits per heavy atom. The van der Waals surface area contributed by atoms with E-state index in [2.05, 4.69) is 4.98 Å². The van der Waals surface area contributed by atoms with Gasteiger partial charge in [0.25, 0.3) is 0 Å². The second-order valence-corrected chi connectivity index (χ2v) is 3.60. The van der Waals surface area contributed by atoms with Crippen LogP contribution < -0.4 is 11.2 Å². The molecule has 0 aliphatic carbocycles. The summed E-state index contributed by atoms with van der Waals surface area (Å²) in [4.78, 5) is 15.1. The van der Waals surface area contributed by atoms with Crippen molar-refractivity contribution >= 4 is 12.6 Å². The fourth-order valence-electron chi connectivity index (χ4n) is 1.62. The Hall–Kier alpha value is -1.92. The predicted molar refractivity (Wildman–Crippen MR) is 63.9 cm³/mol. The zero-order chi connectivity index (χ0) is 12.3. The van der Waals surface area contributed by atoms with E-state index in [-0.39, 0.29) is 12.2 Å². The molecule has 0 bridgehead atoms. The Morgan fingerprint density at radius 3 is 2.71 bits per heavy atom. The number of hydrogen-bond donors (Lipinski definition) is 2. The molecule has 1 aromatic heterocycles. The average molecular weight is 230 g/mol. The summed E-state index contributed by atoms with van der Waals surface area (Å²) in [5, 5.41) is 18.4. The summed E-state index contributed by atoms with van der Waals surface area (Å²) < 4.78 is 1.40. The lowest BCUT2D eigenvalue weighted by molar-refractivity contribution is 0.425. The summed E-state index contributed by atoms with van der Waals surface area (Å²) in [5.74, 6) is 0. The van der Waals surface area contributed by atoms with Gasteiger partial charge in [-0.3, -0.25) is 4.57 Å². The third-order valence-corrected chi connectivity index (χ3v) is 2.46. The molecule has 2 rings (SSSR count). The quantitative estimate of drug-likeness (QED) is 0.661. The van der Waals surface area contributed by atoms with Crippen LogP contribution in [0.4, 0.5) is 0 Å². The van der Waals surface area contributed by atoms with Gasteiger partial charge in [0.1, 0.15) is 0 Å². The summed E-state index contributed by atoms with van der Waals surface area (Å²) in [6, 6.07) is 8.50. The van der Waals surface area contributed by atoms with Crippen molar-refractivity contribution in [2.24, 2.45) is 0 Å². The molecule has 1 heterocycles. The van der Waals surface area contributed by atoms with Crippen LogP contribution in [0.25, 0.3) is 0 Å². The molecule has 0 atom stereocenters. The van der Waals surface area contributed by atoms with Gasteiger partial charge in [0.2, 0.25) is 0 Å². The van der Waals surface area contributed by atoms with Crippen LogP contribution in [0.1, 0.15) is 5.56 Å². The molecule has 0 aliphatic rings. The Kier molecular flexibility index (Phi) is 3.36. The van der Waals surface area contributed by atoms with Crippen molar-refractivity contribution in [3.05, 3.63) is 58.8 Å². The lowest BCUT2D eigenvalue weighted by Gasteiger charge is -2.09. The highest BCUT2D eigenvalue weighted by molar-refractivity contribution is 6.59. The lowest BCUT2D eigenvalue weighted by Crippen LogP contribution is -2.35. The Labute approximate surface area is 98.1 Å². The van der Waals surface area contributed by atoms with Gasteiger partial charge in [-0.25, -0.2) is 9.78 Å². The van der Waals surface area contributed by atoms with Gasteiger partial charge in [0, 0.05) is 12.4 Å². The topological polar surface area (TPSA) is 75.4 Å². The summed E-state index contributed by atoms with van der Waals surface area (Å²) in [7, 11) is -1.54. The van der Waals surface area contributed by atoms with Gasteiger partial charge >= 0.3 is 12.8 Å². The van der Waals surface area contributed by atoms with E-state index in [1.807, 2.05) is 0 Å². The third kappa shape index (κ3) is 2.61. The van der Waals surface area contributed by atoms with Crippen LogP contribution in [0.15, 0.2) is 47.5 Å². The van der Waals surface area contributed by atoms with E-state index in [1.165, 1.54) is 10.8 Å². The molecule has 1 aromatic carbocycles. The number of hydrogen-bond acceptors (Lipinski definition) is 4. The van der Waals surface area contributed by atoms with Crippen LogP contribution in [0.3, 0.4) is 0 Å². The van der Waals surface area contributed by atoms with Crippen LogP contribution in [0, 0.1) is 0 Å². The lowest BCUT2D eigenvalue weighted by atomic mass is 9.77. The zero-order valence-electron chi connectivity index (χ0n) is 9.02. The summed E-state index contributed by atoms with van der Waals surface area (Å²) in [5.41, 5.74) is 0.704. The van der Waals surface area contributed by atoms with Gasteiger partial charge in [0.05, 0.1) is 6.54 Å². The van der Waals surface area contributed by atoms with Gasteiger partial charge in [-0.15, -0.1) is 0 Å². The van der Waals surface area contributed by atoms with Crippen LogP contribution in [-0.4, -0.2) is 26.7 Å². The maximum absolute atomic E-state index is 11.4. The molecular weight excluding hydrogens is 219 g/mol. The molecule has 5 nitrogen and oxygen atoms in total. The smallest absolute Gasteiger partial charge is 0.423 e. The van der Waals surface area contributed by atoms with E-state index in [4.69, 9.17) is 0 Å². The van der Waals surface area contributed by atoms with Crippen molar-refractivity contribution in [1.29, 1.82) is 0 Å². The number of nitrogens with zero attached hydrogens (tertiary/aromatic N) is 2. The highest BCUT2D eigenvalue weighted by Gasteiger charge is 2.15. The Bertz CT molecular complexity index is 568. The molecule has 2 aromatic rings. The summed E-state index contributed by atoms with van der Waals surface area (Å²) in [6.07, 6.45) is 3.03. The highest BCUT2D eigenvalue weighted by Crippen LogP contribution is 1.99. The maximum Gasteiger partial charge on any atom is 0.488 e. The van der Waals surface area contributed by atoms with Gasteiger partial charge in [-0.2, -0.15) is 0 Å². The summed E-state index contributed by atoms with van der Waals surface area (Å²) in [6.45, 7) is 0.264. The van der Waals surface area contributed by atoms with Gasteiger partial charge in [-0.1, -0.05) is 24.3 Å². The van der Waals surface area contributed by atoms with Crippen molar-refractivity contribution in [2.75, 3.05) is 0 Å². The SMILES string of the molecule is O=c1ncccn1Cc1ccccc1B(O)O. The van der Waals surface area contributed by atoms with Crippen molar-refractivity contribution in [2.45, 2.75) is 6.54 Å². The number of benzene rings is 1. The minimum Gasteiger partial charge on any atom is -0.423 e. The van der Waals surface area contributed by atoms with E-state index in [0.29, 0.717) is 11.0 Å². The fraction of sp³-hybridized carbons (Fsp3) is 0.0909. The highest BCUT2D eigenvalue weighted by atomic mass is 16.4. The molecule has 0 radical (unpaired) electrons. The summed E-state index contributed by atoms with van der Waals surface area (Å²) >= 11 is 0. The van der Waals surface area contributed by atoms with Gasteiger partial charge < -0.3 is 10.0 Å². The second kappa shape index (κ2) is 4.94. The first-order chi connectivity index (χ1) is 8.18. The minimum atomic E-state index is -1.54. The molecule has 0 aliphatic heterocycles. The standard InChI is InChI=1S/C11H11BN2O3/c15-11-13-6-3-7-14(11)8-9-4-1-2-5-10(9)12(16)17/h1-7,16-17H,8H2. The van der Waals surface area contributed by atoms with Crippen molar-refractivity contribution in [1.82, 2.24) is 9.55 Å². The minimum absolute atomic E-state index is 0.264. The van der Waals surface area contributed by atoms with Crippen molar-refractivity contribution in [3.8, 4) is 0 Å². The molecule has 0 amide bonds. The normalized spacial score (nSPS) is 10.2. The third-order valence-electron chi connectivity index (χ3n) is 2.46. The van der Waals surface area contributed by atoms with Crippen molar-refractivity contribution in [3.63, 3.8) is 0 Å². The van der Waals surface area contributed by atoms with Crippen LogP contribution in [-0.2, 0) is 6.54 Å². The number of aromatic nitrogens is 2. The van der Waals surface area contributed by atoms with Gasteiger partial charge in [-0.05, 0) is 17.1 Å². The molecule has 86 valence electrons. The molecule has 0 saturated carbocycles. The number of rotatable bonds is 3. The Morgan fingerprint density at radius 1 is 1.24 bits per heavy atom. The van der Waals surface area contributed by atoms with Crippen LogP contribution >= 0.6 is 0 Å². The van der Waals surface area contributed by atoms with E-state index in [0.717, 1.165) is 0 Å². The largest absolute Gasteiger partial charge is 0.488 e. The predicted octanol–water partition coefficient (Wildman–Crippen LogP) is -1.03. The first-order valence-electron chi connectivity index (χ1n) is 5.14. The second-order valence-electron chi connectivity index (χ2n) is 3.60. The fourth-order valence-corrected chi connectivity index (χ4v) is 1.62. The maximum atomic E-state index is 11.4. The molecule has 0 spiro atoms. The molecule has 0 saturated heterocycles. The first-order valence-corrected chi connectivity index (χ1v) is 5.14. The monoisotopic (exact) mass is 230 g/mol. The molecule has 0 unspecified atom stereocenters. The molecule has 2 N–H and O–H groups in total. The van der Waals surface area contributed by atoms with Crippen LogP contribution in [0.2, 0.25) is 0 Å². The molecule has 6 heteroatoms. The van der Waals surface area contributed by atoms with E-state index >= 15 is 0 Å². The van der Waals surface area contributed by atoms with E-state index in [1.54, 1.807) is 36.5 Å². The van der Waals surface area contributed by atoms with Crippen molar-refractivity contribution < 1.29 is 10.0 Å². The zero-order valence-corrected chi connectivity index (χ0v) is 9.02. The molecular formula is C11H11BN2O3. The van der Waals surface area contributed by atoms with E-state index < -0.39 is 7.12 Å². The van der Waals surface area contributed by atoms with Crippen LogP contribution in [0.5, 0.6) is 0 Å².